The van der Waals surface area contributed by atoms with Gasteiger partial charge >= 0.3 is 0 Å². The minimum Gasteiger partial charge on any atom is -0.328 e. The van der Waals surface area contributed by atoms with Crippen LogP contribution in [0.2, 0.25) is 0 Å². The molecular formula is C15H18N4O. The lowest BCUT2D eigenvalue weighted by atomic mass is 10.0. The molecule has 1 saturated heterocycles. The molecule has 0 unspecified atom stereocenters. The van der Waals surface area contributed by atoms with Crippen LogP contribution < -0.4 is 5.32 Å². The Morgan fingerprint density at radius 2 is 2.10 bits per heavy atom. The fourth-order valence-electron chi connectivity index (χ4n) is 2.60. The van der Waals surface area contributed by atoms with Gasteiger partial charge in [0.1, 0.15) is 5.69 Å². The Balaban J connectivity index is 1.87. The van der Waals surface area contributed by atoms with Crippen LogP contribution in [0, 0.1) is 0 Å². The smallest absolute Gasteiger partial charge is 0.274 e. The Bertz CT molecular complexity index is 593. The third kappa shape index (κ3) is 2.44. The van der Waals surface area contributed by atoms with Crippen LogP contribution in [0.3, 0.4) is 0 Å². The highest BCUT2D eigenvalue weighted by Crippen LogP contribution is 2.23. The van der Waals surface area contributed by atoms with Gasteiger partial charge in [0.15, 0.2) is 0 Å². The van der Waals surface area contributed by atoms with Crippen LogP contribution in [0.1, 0.15) is 22.1 Å². The Morgan fingerprint density at radius 3 is 2.80 bits per heavy atom. The fraction of sp³-hybridized carbons (Fsp3) is 0.333. The van der Waals surface area contributed by atoms with Crippen LogP contribution in [-0.4, -0.2) is 40.2 Å². The van der Waals surface area contributed by atoms with E-state index >= 15 is 0 Å². The van der Waals surface area contributed by atoms with Crippen LogP contribution in [-0.2, 0) is 7.05 Å². The van der Waals surface area contributed by atoms with Crippen molar-refractivity contribution in [3.05, 3.63) is 53.9 Å². The summed E-state index contributed by atoms with van der Waals surface area (Å²) >= 11 is 0. The number of piperazine rings is 1. The van der Waals surface area contributed by atoms with E-state index < -0.39 is 0 Å². The lowest BCUT2D eigenvalue weighted by Gasteiger charge is -2.36. The molecule has 5 nitrogen and oxygen atoms in total. The van der Waals surface area contributed by atoms with Crippen molar-refractivity contribution in [3.63, 3.8) is 0 Å². The van der Waals surface area contributed by atoms with Crippen LogP contribution in [0.5, 0.6) is 0 Å². The molecule has 0 radical (unpaired) electrons. The number of carbonyl (C=O) groups excluding carboxylic acids is 1. The number of nitrogens with one attached hydrogen (secondary N) is 1. The number of aromatic nitrogens is 2. The van der Waals surface area contributed by atoms with Gasteiger partial charge in [0.2, 0.25) is 0 Å². The highest BCUT2D eigenvalue weighted by atomic mass is 16.2. The molecule has 0 spiro atoms. The van der Waals surface area contributed by atoms with E-state index in [0.717, 1.165) is 18.7 Å². The molecule has 2 heterocycles. The zero-order valence-electron chi connectivity index (χ0n) is 11.5. The highest BCUT2D eigenvalue weighted by Gasteiger charge is 2.29. The molecule has 1 atom stereocenters. The average Bonchev–Trinajstić information content (AvgIpc) is 2.94. The van der Waals surface area contributed by atoms with Crippen LogP contribution in [0.4, 0.5) is 0 Å². The Kier molecular flexibility index (Phi) is 3.52. The molecule has 1 fully saturated rings. The van der Waals surface area contributed by atoms with Crippen LogP contribution in [0.25, 0.3) is 0 Å². The van der Waals surface area contributed by atoms with E-state index in [0.29, 0.717) is 12.2 Å². The first kappa shape index (κ1) is 12.9. The normalized spacial score (nSPS) is 19.1. The number of carbonyl (C=O) groups is 1. The lowest BCUT2D eigenvalue weighted by molar-refractivity contribution is 0.0627. The van der Waals surface area contributed by atoms with Gasteiger partial charge < -0.3 is 10.2 Å². The average molecular weight is 270 g/mol. The van der Waals surface area contributed by atoms with Crippen molar-refractivity contribution in [2.24, 2.45) is 7.05 Å². The second-order valence-corrected chi connectivity index (χ2v) is 5.00. The minimum atomic E-state index is 0.000882. The summed E-state index contributed by atoms with van der Waals surface area (Å²) in [5.74, 6) is 0.000882. The van der Waals surface area contributed by atoms with Crippen molar-refractivity contribution in [2.45, 2.75) is 6.04 Å². The van der Waals surface area contributed by atoms with E-state index in [1.807, 2.05) is 30.1 Å². The summed E-state index contributed by atoms with van der Waals surface area (Å²) in [6.07, 6.45) is 1.80. The van der Waals surface area contributed by atoms with Gasteiger partial charge in [-0.15, -0.1) is 0 Å². The molecule has 3 rings (SSSR count). The quantitative estimate of drug-likeness (QED) is 0.892. The molecule has 1 aliphatic heterocycles. The van der Waals surface area contributed by atoms with Crippen molar-refractivity contribution in [3.8, 4) is 0 Å². The van der Waals surface area contributed by atoms with Crippen LogP contribution in [0.15, 0.2) is 42.6 Å². The molecule has 2 aromatic rings. The Morgan fingerprint density at radius 1 is 1.30 bits per heavy atom. The molecule has 1 N–H and O–H groups in total. The summed E-state index contributed by atoms with van der Waals surface area (Å²) in [5, 5.41) is 7.57. The third-order valence-corrected chi connectivity index (χ3v) is 3.62. The molecule has 0 saturated carbocycles. The highest BCUT2D eigenvalue weighted by molar-refractivity contribution is 5.92. The molecule has 5 heteroatoms. The molecule has 104 valence electrons. The number of hydrogen-bond donors (Lipinski definition) is 1. The summed E-state index contributed by atoms with van der Waals surface area (Å²) in [6, 6.07) is 12.0. The number of benzene rings is 1. The number of aryl methyl sites for hydroxylation is 1. The lowest BCUT2D eigenvalue weighted by Crippen LogP contribution is -2.48. The topological polar surface area (TPSA) is 50.2 Å². The van der Waals surface area contributed by atoms with Crippen molar-refractivity contribution >= 4 is 5.91 Å². The van der Waals surface area contributed by atoms with Gasteiger partial charge in [-0.05, 0) is 11.6 Å². The van der Waals surface area contributed by atoms with Crippen molar-refractivity contribution < 1.29 is 4.79 Å². The zero-order chi connectivity index (χ0) is 13.9. The summed E-state index contributed by atoms with van der Waals surface area (Å²) in [7, 11) is 1.82. The summed E-state index contributed by atoms with van der Waals surface area (Å²) < 4.78 is 1.66. The summed E-state index contributed by atoms with van der Waals surface area (Å²) in [6.45, 7) is 2.31. The van der Waals surface area contributed by atoms with Crippen molar-refractivity contribution in [1.82, 2.24) is 20.0 Å². The first-order chi connectivity index (χ1) is 9.75. The Hall–Kier alpha value is -2.14. The number of amides is 1. The predicted octanol–water partition coefficient (Wildman–Crippen LogP) is 1.21. The van der Waals surface area contributed by atoms with E-state index in [1.165, 1.54) is 0 Å². The van der Waals surface area contributed by atoms with E-state index in [2.05, 4.69) is 22.5 Å². The van der Waals surface area contributed by atoms with Gasteiger partial charge in [0, 0.05) is 32.9 Å². The molecule has 0 bridgehead atoms. The van der Waals surface area contributed by atoms with Crippen molar-refractivity contribution in [2.75, 3.05) is 19.6 Å². The maximum Gasteiger partial charge on any atom is 0.274 e. The Labute approximate surface area is 118 Å². The zero-order valence-corrected chi connectivity index (χ0v) is 11.5. The van der Waals surface area contributed by atoms with Crippen molar-refractivity contribution in [1.29, 1.82) is 0 Å². The van der Waals surface area contributed by atoms with E-state index in [1.54, 1.807) is 16.9 Å². The molecule has 1 aromatic carbocycles. The second kappa shape index (κ2) is 5.46. The van der Waals surface area contributed by atoms with Gasteiger partial charge in [0.25, 0.3) is 5.91 Å². The van der Waals surface area contributed by atoms with Gasteiger partial charge in [-0.1, -0.05) is 30.3 Å². The fourth-order valence-corrected chi connectivity index (χ4v) is 2.60. The SMILES string of the molecule is Cn1ccc(C(=O)N2CCNC[C@@H]2c2ccccc2)n1. The third-order valence-electron chi connectivity index (χ3n) is 3.62. The van der Waals surface area contributed by atoms with E-state index in [9.17, 15) is 4.79 Å². The van der Waals surface area contributed by atoms with Gasteiger partial charge in [-0.25, -0.2) is 0 Å². The molecule has 0 aliphatic carbocycles. The maximum atomic E-state index is 12.6. The molecule has 1 amide bonds. The van der Waals surface area contributed by atoms with E-state index in [-0.39, 0.29) is 11.9 Å². The number of nitrogens with zero attached hydrogens (tertiary/aromatic N) is 3. The minimum absolute atomic E-state index is 0.000882. The molecule has 1 aromatic heterocycles. The summed E-state index contributed by atoms with van der Waals surface area (Å²) in [4.78, 5) is 14.5. The standard InChI is InChI=1S/C15H18N4O/c1-18-9-7-13(17-18)15(20)19-10-8-16-11-14(19)12-5-3-2-4-6-12/h2-7,9,14,16H,8,10-11H2,1H3/t14-/m1/s1. The first-order valence-corrected chi connectivity index (χ1v) is 6.82. The largest absolute Gasteiger partial charge is 0.328 e. The van der Waals surface area contributed by atoms with Crippen LogP contribution >= 0.6 is 0 Å². The molecular weight excluding hydrogens is 252 g/mol. The van der Waals surface area contributed by atoms with E-state index in [4.69, 9.17) is 0 Å². The van der Waals surface area contributed by atoms with Gasteiger partial charge in [-0.3, -0.25) is 9.48 Å². The monoisotopic (exact) mass is 270 g/mol. The second-order valence-electron chi connectivity index (χ2n) is 5.00. The molecule has 20 heavy (non-hydrogen) atoms. The predicted molar refractivity (Wildman–Crippen MR) is 76.3 cm³/mol. The number of hydrogen-bond acceptors (Lipinski definition) is 3. The maximum absolute atomic E-state index is 12.6. The van der Waals surface area contributed by atoms with Gasteiger partial charge in [0.05, 0.1) is 6.04 Å². The summed E-state index contributed by atoms with van der Waals surface area (Å²) in [5.41, 5.74) is 1.67. The number of rotatable bonds is 2. The molecule has 1 aliphatic rings. The van der Waals surface area contributed by atoms with Gasteiger partial charge in [-0.2, -0.15) is 5.10 Å². The first-order valence-electron chi connectivity index (χ1n) is 6.82.